The Balaban J connectivity index is 0.00000161. The molecule has 0 aromatic heterocycles. The van der Waals surface area contributed by atoms with Crippen molar-refractivity contribution in [1.29, 1.82) is 0 Å². The van der Waals surface area contributed by atoms with Crippen molar-refractivity contribution in [3.05, 3.63) is 65.5 Å². The average Bonchev–Trinajstić information content (AvgIpc) is 2.69. The lowest BCUT2D eigenvalue weighted by Crippen LogP contribution is -2.31. The normalized spacial score (nSPS) is 15.6. The van der Waals surface area contributed by atoms with Gasteiger partial charge in [0.2, 0.25) is 0 Å². The first-order valence-corrected chi connectivity index (χ1v) is 7.06. The molecule has 1 unspecified atom stereocenters. The van der Waals surface area contributed by atoms with Crippen LogP contribution < -0.4 is 10.2 Å². The predicted octanol–water partition coefficient (Wildman–Crippen LogP) is 3.92. The van der Waals surface area contributed by atoms with Crippen LogP contribution in [0.1, 0.15) is 24.1 Å². The Bertz CT molecular complexity index is 586. The van der Waals surface area contributed by atoms with E-state index in [4.69, 9.17) is 0 Å². The van der Waals surface area contributed by atoms with Gasteiger partial charge in [-0.15, -0.1) is 12.4 Å². The molecule has 0 bridgehead atoms. The summed E-state index contributed by atoms with van der Waals surface area (Å²) < 4.78 is 13.1. The third-order valence-electron chi connectivity index (χ3n) is 3.97. The Morgan fingerprint density at radius 3 is 2.57 bits per heavy atom. The molecule has 1 N–H and O–H groups in total. The first-order chi connectivity index (χ1) is 9.75. The molecular weight excluding hydrogens is 287 g/mol. The second kappa shape index (κ2) is 6.92. The van der Waals surface area contributed by atoms with Gasteiger partial charge in [0, 0.05) is 25.3 Å². The fourth-order valence-electron chi connectivity index (χ4n) is 2.81. The van der Waals surface area contributed by atoms with Crippen LogP contribution in [0.5, 0.6) is 0 Å². The van der Waals surface area contributed by atoms with Crippen molar-refractivity contribution >= 4 is 18.1 Å². The smallest absolute Gasteiger partial charge is 0.123 e. The molecule has 1 heterocycles. The Hall–Kier alpha value is -1.58. The maximum atomic E-state index is 13.1. The molecule has 2 nitrogen and oxygen atoms in total. The highest BCUT2D eigenvalue weighted by molar-refractivity contribution is 5.85. The highest BCUT2D eigenvalue weighted by atomic mass is 35.5. The van der Waals surface area contributed by atoms with E-state index < -0.39 is 0 Å². The average molecular weight is 307 g/mol. The van der Waals surface area contributed by atoms with E-state index in [2.05, 4.69) is 41.4 Å². The number of nitrogens with one attached hydrogen (secondary N) is 1. The molecule has 0 saturated heterocycles. The lowest BCUT2D eigenvalue weighted by Gasteiger charge is -2.31. The standard InChI is InChI=1S/C17H19FN2.ClH/c1-13(14-6-8-16(18)9-7-14)20-11-10-19-12-15-4-2-3-5-17(15)20;/h2-9,13,19H,10-12H2,1H3;1H. The highest BCUT2D eigenvalue weighted by Crippen LogP contribution is 2.30. The second-order valence-corrected chi connectivity index (χ2v) is 5.23. The van der Waals surface area contributed by atoms with Crippen molar-refractivity contribution in [1.82, 2.24) is 5.32 Å². The Kier molecular flexibility index (Phi) is 5.21. The number of rotatable bonds is 2. The SMILES string of the molecule is CC(c1ccc(F)cc1)N1CCNCc2ccccc21.Cl. The van der Waals surface area contributed by atoms with E-state index in [9.17, 15) is 4.39 Å². The minimum atomic E-state index is -0.182. The molecule has 2 aromatic carbocycles. The molecule has 0 saturated carbocycles. The van der Waals surface area contributed by atoms with Gasteiger partial charge in [-0.05, 0) is 36.2 Å². The summed E-state index contributed by atoms with van der Waals surface area (Å²) in [5.74, 6) is -0.182. The zero-order valence-electron chi connectivity index (χ0n) is 12.1. The summed E-state index contributed by atoms with van der Waals surface area (Å²) in [5, 5.41) is 3.45. The summed E-state index contributed by atoms with van der Waals surface area (Å²) in [5.41, 5.74) is 3.73. The zero-order valence-corrected chi connectivity index (χ0v) is 12.9. The summed E-state index contributed by atoms with van der Waals surface area (Å²) in [6.45, 7) is 4.99. The van der Waals surface area contributed by atoms with Gasteiger partial charge in [0.05, 0.1) is 6.04 Å². The lowest BCUT2D eigenvalue weighted by molar-refractivity contribution is 0.619. The predicted molar refractivity (Wildman–Crippen MR) is 87.6 cm³/mol. The number of nitrogens with zero attached hydrogens (tertiary/aromatic N) is 1. The number of benzene rings is 2. The molecule has 1 atom stereocenters. The van der Waals surface area contributed by atoms with E-state index in [0.29, 0.717) is 0 Å². The molecular formula is C17H20ClFN2. The van der Waals surface area contributed by atoms with Crippen LogP contribution in [0.4, 0.5) is 10.1 Å². The van der Waals surface area contributed by atoms with Crippen LogP contribution in [0.25, 0.3) is 0 Å². The maximum Gasteiger partial charge on any atom is 0.123 e. The molecule has 3 rings (SSSR count). The molecule has 2 aromatic rings. The summed E-state index contributed by atoms with van der Waals surface area (Å²) >= 11 is 0. The lowest BCUT2D eigenvalue weighted by atomic mass is 10.0. The number of hydrogen-bond acceptors (Lipinski definition) is 2. The van der Waals surface area contributed by atoms with E-state index in [1.807, 2.05) is 12.1 Å². The third-order valence-corrected chi connectivity index (χ3v) is 3.97. The number of fused-ring (bicyclic) bond motifs is 1. The van der Waals surface area contributed by atoms with Gasteiger partial charge in [-0.25, -0.2) is 4.39 Å². The summed E-state index contributed by atoms with van der Waals surface area (Å²) in [4.78, 5) is 2.39. The van der Waals surface area contributed by atoms with Crippen molar-refractivity contribution in [3.63, 3.8) is 0 Å². The fraction of sp³-hybridized carbons (Fsp3) is 0.294. The molecule has 0 amide bonds. The molecule has 0 spiro atoms. The van der Waals surface area contributed by atoms with Gasteiger partial charge >= 0.3 is 0 Å². The van der Waals surface area contributed by atoms with Crippen molar-refractivity contribution < 1.29 is 4.39 Å². The number of halogens is 2. The van der Waals surface area contributed by atoms with Crippen molar-refractivity contribution in [2.75, 3.05) is 18.0 Å². The van der Waals surface area contributed by atoms with E-state index in [-0.39, 0.29) is 24.3 Å². The summed E-state index contributed by atoms with van der Waals surface area (Å²) in [7, 11) is 0. The zero-order chi connectivity index (χ0) is 13.9. The van der Waals surface area contributed by atoms with Crippen LogP contribution in [-0.2, 0) is 6.54 Å². The molecule has 0 radical (unpaired) electrons. The molecule has 1 aliphatic heterocycles. The van der Waals surface area contributed by atoms with Crippen LogP contribution in [-0.4, -0.2) is 13.1 Å². The van der Waals surface area contributed by atoms with Gasteiger partial charge in [-0.1, -0.05) is 30.3 Å². The van der Waals surface area contributed by atoms with Crippen LogP contribution in [0.2, 0.25) is 0 Å². The highest BCUT2D eigenvalue weighted by Gasteiger charge is 2.20. The molecule has 0 aliphatic carbocycles. The molecule has 0 fully saturated rings. The topological polar surface area (TPSA) is 15.3 Å². The van der Waals surface area contributed by atoms with E-state index in [1.54, 1.807) is 0 Å². The number of para-hydroxylation sites is 1. The van der Waals surface area contributed by atoms with Gasteiger partial charge in [0.25, 0.3) is 0 Å². The van der Waals surface area contributed by atoms with Gasteiger partial charge in [0.1, 0.15) is 5.82 Å². The fourth-order valence-corrected chi connectivity index (χ4v) is 2.81. The summed E-state index contributed by atoms with van der Waals surface area (Å²) in [6, 6.07) is 15.5. The van der Waals surface area contributed by atoms with Crippen molar-refractivity contribution in [2.45, 2.75) is 19.5 Å². The van der Waals surface area contributed by atoms with Crippen LogP contribution >= 0.6 is 12.4 Å². The molecule has 112 valence electrons. The van der Waals surface area contributed by atoms with Crippen molar-refractivity contribution in [2.24, 2.45) is 0 Å². The number of anilines is 1. The van der Waals surface area contributed by atoms with E-state index in [1.165, 1.54) is 23.4 Å². The third kappa shape index (κ3) is 3.36. The molecule has 1 aliphatic rings. The molecule has 21 heavy (non-hydrogen) atoms. The minimum Gasteiger partial charge on any atom is -0.363 e. The van der Waals surface area contributed by atoms with Crippen molar-refractivity contribution in [3.8, 4) is 0 Å². The van der Waals surface area contributed by atoms with E-state index >= 15 is 0 Å². The monoisotopic (exact) mass is 306 g/mol. The van der Waals surface area contributed by atoms with Gasteiger partial charge in [0.15, 0.2) is 0 Å². The van der Waals surface area contributed by atoms with Crippen LogP contribution in [0.3, 0.4) is 0 Å². The van der Waals surface area contributed by atoms with Gasteiger partial charge in [-0.2, -0.15) is 0 Å². The Morgan fingerprint density at radius 1 is 1.10 bits per heavy atom. The largest absolute Gasteiger partial charge is 0.363 e. The van der Waals surface area contributed by atoms with Gasteiger partial charge < -0.3 is 10.2 Å². The Morgan fingerprint density at radius 2 is 1.81 bits per heavy atom. The second-order valence-electron chi connectivity index (χ2n) is 5.23. The first kappa shape index (κ1) is 15.8. The maximum absolute atomic E-state index is 13.1. The molecule has 4 heteroatoms. The van der Waals surface area contributed by atoms with Gasteiger partial charge in [-0.3, -0.25) is 0 Å². The first-order valence-electron chi connectivity index (χ1n) is 7.06. The van der Waals surface area contributed by atoms with Crippen LogP contribution in [0.15, 0.2) is 48.5 Å². The quantitative estimate of drug-likeness (QED) is 0.904. The summed E-state index contributed by atoms with van der Waals surface area (Å²) in [6.07, 6.45) is 0. The van der Waals surface area contributed by atoms with Crippen LogP contribution in [0, 0.1) is 5.82 Å². The number of hydrogen-bond donors (Lipinski definition) is 1. The minimum absolute atomic E-state index is 0. The Labute approximate surface area is 131 Å². The van der Waals surface area contributed by atoms with E-state index in [0.717, 1.165) is 25.2 Å².